The van der Waals surface area contributed by atoms with E-state index in [9.17, 15) is 9.59 Å². The Hall–Kier alpha value is -2.04. The molecule has 2 amide bonds. The van der Waals surface area contributed by atoms with Gasteiger partial charge in [-0.2, -0.15) is 0 Å². The number of anilines is 1. The van der Waals surface area contributed by atoms with Crippen LogP contribution in [0.5, 0.6) is 0 Å². The second-order valence-electron chi connectivity index (χ2n) is 5.76. The molecule has 0 aliphatic rings. The van der Waals surface area contributed by atoms with Gasteiger partial charge >= 0.3 is 0 Å². The van der Waals surface area contributed by atoms with Crippen LogP contribution in [0.1, 0.15) is 34.6 Å². The third-order valence-electron chi connectivity index (χ3n) is 3.24. The molecule has 0 fully saturated rings. The van der Waals surface area contributed by atoms with Crippen molar-refractivity contribution in [2.24, 2.45) is 5.92 Å². The third kappa shape index (κ3) is 4.98. The number of benzene rings is 2. The van der Waals surface area contributed by atoms with Gasteiger partial charge in [0.25, 0.3) is 11.8 Å². The lowest BCUT2D eigenvalue weighted by Crippen LogP contribution is -2.27. The Morgan fingerprint density at radius 2 is 1.67 bits per heavy atom. The molecule has 2 N–H and O–H groups in total. The average Bonchev–Trinajstić information content (AvgIpc) is 2.55. The van der Waals surface area contributed by atoms with E-state index in [1.165, 1.54) is 0 Å². The minimum Gasteiger partial charge on any atom is -0.352 e. The van der Waals surface area contributed by atoms with Crippen molar-refractivity contribution in [3.63, 3.8) is 0 Å². The van der Waals surface area contributed by atoms with E-state index < -0.39 is 0 Å². The lowest BCUT2D eigenvalue weighted by molar-refractivity contribution is 0.0949. The molecule has 0 heterocycles. The SMILES string of the molecule is CC(C)CNC(=O)c1cccc(C(=O)Nc2ccc(Cl)cc2Cl)c1. The molecule has 24 heavy (non-hydrogen) atoms. The van der Waals surface area contributed by atoms with Crippen molar-refractivity contribution in [1.29, 1.82) is 0 Å². The number of hydrogen-bond acceptors (Lipinski definition) is 2. The minimum atomic E-state index is -0.349. The number of carbonyl (C=O) groups is 2. The Kier molecular flexibility index (Phi) is 6.23. The van der Waals surface area contributed by atoms with Gasteiger partial charge in [-0.05, 0) is 42.3 Å². The van der Waals surface area contributed by atoms with E-state index in [0.717, 1.165) is 0 Å². The van der Waals surface area contributed by atoms with Crippen LogP contribution in [-0.4, -0.2) is 18.4 Å². The molecule has 2 aromatic carbocycles. The van der Waals surface area contributed by atoms with Crippen molar-refractivity contribution in [1.82, 2.24) is 5.32 Å². The maximum Gasteiger partial charge on any atom is 0.255 e. The van der Waals surface area contributed by atoms with Gasteiger partial charge in [0.05, 0.1) is 10.7 Å². The molecule has 0 aliphatic heterocycles. The van der Waals surface area contributed by atoms with Gasteiger partial charge in [0.15, 0.2) is 0 Å². The van der Waals surface area contributed by atoms with Crippen LogP contribution in [-0.2, 0) is 0 Å². The summed E-state index contributed by atoms with van der Waals surface area (Å²) in [5, 5.41) is 6.37. The third-order valence-corrected chi connectivity index (χ3v) is 3.78. The van der Waals surface area contributed by atoms with E-state index in [0.29, 0.717) is 39.3 Å². The monoisotopic (exact) mass is 364 g/mol. The largest absolute Gasteiger partial charge is 0.352 e. The molecule has 6 heteroatoms. The summed E-state index contributed by atoms with van der Waals surface area (Å²) < 4.78 is 0. The first-order valence-electron chi connectivity index (χ1n) is 7.51. The Balaban J connectivity index is 2.12. The van der Waals surface area contributed by atoms with Gasteiger partial charge in [0.1, 0.15) is 0 Å². The highest BCUT2D eigenvalue weighted by molar-refractivity contribution is 6.36. The highest BCUT2D eigenvalue weighted by Crippen LogP contribution is 2.25. The molecule has 0 bridgehead atoms. The molecular weight excluding hydrogens is 347 g/mol. The normalized spacial score (nSPS) is 10.5. The van der Waals surface area contributed by atoms with Gasteiger partial charge in [-0.3, -0.25) is 9.59 Å². The fourth-order valence-corrected chi connectivity index (χ4v) is 2.44. The Morgan fingerprint density at radius 3 is 2.29 bits per heavy atom. The number of hydrogen-bond donors (Lipinski definition) is 2. The van der Waals surface area contributed by atoms with Crippen molar-refractivity contribution < 1.29 is 9.59 Å². The first-order chi connectivity index (χ1) is 11.4. The average molecular weight is 365 g/mol. The molecule has 0 saturated heterocycles. The lowest BCUT2D eigenvalue weighted by atomic mass is 10.1. The zero-order chi connectivity index (χ0) is 17.7. The van der Waals surface area contributed by atoms with Crippen LogP contribution in [0.25, 0.3) is 0 Å². The summed E-state index contributed by atoms with van der Waals surface area (Å²) in [5.74, 6) is -0.201. The molecular formula is C18H18Cl2N2O2. The van der Waals surface area contributed by atoms with Crippen LogP contribution >= 0.6 is 23.2 Å². The van der Waals surface area contributed by atoms with E-state index in [-0.39, 0.29) is 11.8 Å². The zero-order valence-electron chi connectivity index (χ0n) is 13.4. The fourth-order valence-electron chi connectivity index (χ4n) is 1.99. The highest BCUT2D eigenvalue weighted by Gasteiger charge is 2.12. The van der Waals surface area contributed by atoms with E-state index >= 15 is 0 Å². The summed E-state index contributed by atoms with van der Waals surface area (Å²) in [5.41, 5.74) is 1.27. The quantitative estimate of drug-likeness (QED) is 0.812. The van der Waals surface area contributed by atoms with E-state index in [2.05, 4.69) is 10.6 Å². The van der Waals surface area contributed by atoms with Gasteiger partial charge in [0.2, 0.25) is 0 Å². The Morgan fingerprint density at radius 1 is 1.00 bits per heavy atom. The maximum absolute atomic E-state index is 12.4. The van der Waals surface area contributed by atoms with E-state index in [1.54, 1.807) is 42.5 Å². The molecule has 0 aliphatic carbocycles. The molecule has 2 aromatic rings. The summed E-state index contributed by atoms with van der Waals surface area (Å²) in [7, 11) is 0. The molecule has 0 aromatic heterocycles. The molecule has 2 rings (SSSR count). The Bertz CT molecular complexity index is 760. The standard InChI is InChI=1S/C18H18Cl2N2O2/c1-11(2)10-21-17(23)12-4-3-5-13(8-12)18(24)22-16-7-6-14(19)9-15(16)20/h3-9,11H,10H2,1-2H3,(H,21,23)(H,22,24). The van der Waals surface area contributed by atoms with Gasteiger partial charge in [-0.1, -0.05) is 43.1 Å². The van der Waals surface area contributed by atoms with Crippen molar-refractivity contribution in [2.75, 3.05) is 11.9 Å². The van der Waals surface area contributed by atoms with Crippen molar-refractivity contribution in [3.8, 4) is 0 Å². The minimum absolute atomic E-state index is 0.206. The molecule has 4 nitrogen and oxygen atoms in total. The molecule has 0 atom stereocenters. The summed E-state index contributed by atoms with van der Waals surface area (Å²) in [6.45, 7) is 4.61. The van der Waals surface area contributed by atoms with Crippen LogP contribution in [0.2, 0.25) is 10.0 Å². The molecule has 0 radical (unpaired) electrons. The van der Waals surface area contributed by atoms with Crippen LogP contribution in [0.4, 0.5) is 5.69 Å². The maximum atomic E-state index is 12.4. The predicted octanol–water partition coefficient (Wildman–Crippen LogP) is 4.63. The van der Waals surface area contributed by atoms with Crippen molar-refractivity contribution in [2.45, 2.75) is 13.8 Å². The smallest absolute Gasteiger partial charge is 0.255 e. The number of nitrogens with one attached hydrogen (secondary N) is 2. The number of carbonyl (C=O) groups excluding carboxylic acids is 2. The van der Waals surface area contributed by atoms with E-state index in [4.69, 9.17) is 23.2 Å². The van der Waals surface area contributed by atoms with Crippen molar-refractivity contribution in [3.05, 3.63) is 63.6 Å². The Labute approximate surface area is 151 Å². The number of rotatable bonds is 5. The van der Waals surface area contributed by atoms with E-state index in [1.807, 2.05) is 13.8 Å². The molecule has 126 valence electrons. The van der Waals surface area contributed by atoms with Gasteiger partial charge in [-0.15, -0.1) is 0 Å². The zero-order valence-corrected chi connectivity index (χ0v) is 14.9. The van der Waals surface area contributed by atoms with Gasteiger partial charge in [0, 0.05) is 22.7 Å². The molecule has 0 unspecified atom stereocenters. The fraction of sp³-hybridized carbons (Fsp3) is 0.222. The predicted molar refractivity (Wildman–Crippen MR) is 98.0 cm³/mol. The van der Waals surface area contributed by atoms with Crippen molar-refractivity contribution >= 4 is 40.7 Å². The number of amides is 2. The molecule has 0 saturated carbocycles. The second-order valence-corrected chi connectivity index (χ2v) is 6.61. The summed E-state index contributed by atoms with van der Waals surface area (Å²) in [6, 6.07) is 11.3. The van der Waals surface area contributed by atoms with Crippen LogP contribution in [0.15, 0.2) is 42.5 Å². The highest BCUT2D eigenvalue weighted by atomic mass is 35.5. The lowest BCUT2D eigenvalue weighted by Gasteiger charge is -2.10. The van der Waals surface area contributed by atoms with Crippen LogP contribution in [0.3, 0.4) is 0 Å². The second kappa shape index (κ2) is 8.18. The van der Waals surface area contributed by atoms with Crippen LogP contribution in [0, 0.1) is 5.92 Å². The first kappa shape index (κ1) is 18.3. The summed E-state index contributed by atoms with van der Waals surface area (Å²) >= 11 is 11.9. The summed E-state index contributed by atoms with van der Waals surface area (Å²) in [4.78, 5) is 24.5. The van der Waals surface area contributed by atoms with Crippen LogP contribution < -0.4 is 10.6 Å². The topological polar surface area (TPSA) is 58.2 Å². The number of halogens is 2. The first-order valence-corrected chi connectivity index (χ1v) is 8.27. The summed E-state index contributed by atoms with van der Waals surface area (Å²) in [6.07, 6.45) is 0. The van der Waals surface area contributed by atoms with Gasteiger partial charge in [-0.25, -0.2) is 0 Å². The van der Waals surface area contributed by atoms with Gasteiger partial charge < -0.3 is 10.6 Å². The molecule has 0 spiro atoms.